The van der Waals surface area contributed by atoms with Crippen molar-refractivity contribution < 1.29 is 4.79 Å². The fourth-order valence-electron chi connectivity index (χ4n) is 1.50. The molecule has 0 aliphatic rings. The van der Waals surface area contributed by atoms with Crippen LogP contribution in [0.3, 0.4) is 0 Å². The van der Waals surface area contributed by atoms with E-state index in [4.69, 9.17) is 5.73 Å². The van der Waals surface area contributed by atoms with Crippen LogP contribution in [0.25, 0.3) is 0 Å². The summed E-state index contributed by atoms with van der Waals surface area (Å²) in [5, 5.41) is 0. The van der Waals surface area contributed by atoms with Crippen LogP contribution in [0.5, 0.6) is 0 Å². The maximum absolute atomic E-state index is 12.4. The Bertz CT molecular complexity index is 628. The van der Waals surface area contributed by atoms with E-state index in [1.54, 1.807) is 18.2 Å². The maximum atomic E-state index is 12.4. The van der Waals surface area contributed by atoms with E-state index in [0.717, 1.165) is 12.5 Å². The summed E-state index contributed by atoms with van der Waals surface area (Å²) in [6.07, 6.45) is 0. The summed E-state index contributed by atoms with van der Waals surface area (Å²) in [5.41, 5.74) is 7.59. The van der Waals surface area contributed by atoms with Crippen LogP contribution < -0.4 is 5.73 Å². The number of hydrogen-bond acceptors (Lipinski definition) is 2. The van der Waals surface area contributed by atoms with Crippen LogP contribution in [0.1, 0.15) is 15.9 Å². The number of carbonyl (C=O) groups is 1. The summed E-state index contributed by atoms with van der Waals surface area (Å²) < 4.78 is 2.55. The number of ketones is 1. The summed E-state index contributed by atoms with van der Waals surface area (Å²) in [5.74, 6) is -0.0268. The van der Waals surface area contributed by atoms with Crippen molar-refractivity contribution in [1.29, 1.82) is 0 Å². The highest BCUT2D eigenvalue weighted by Crippen LogP contribution is 2.26. The largest absolute Gasteiger partial charge is 0.398 e. The average molecular weight is 481 g/mol. The first kappa shape index (κ1) is 14.0. The van der Waals surface area contributed by atoms with Crippen molar-refractivity contribution >= 4 is 65.9 Å². The number of hydrogen-bond donors (Lipinski definition) is 1. The molecule has 0 atom stereocenters. The van der Waals surface area contributed by atoms with E-state index < -0.39 is 0 Å². The molecule has 0 saturated carbocycles. The zero-order chi connectivity index (χ0) is 13.3. The van der Waals surface area contributed by atoms with E-state index in [1.807, 2.05) is 18.2 Å². The average Bonchev–Trinajstić information content (AvgIpc) is 2.35. The minimum atomic E-state index is -0.0268. The standard InChI is InChI=1S/C13H8Br2INO/c14-10-3-2-8(16)6-9(10)13(18)7-1-4-12(17)11(15)5-7/h1-6H,17H2. The molecule has 0 heterocycles. The first-order chi connectivity index (χ1) is 8.49. The van der Waals surface area contributed by atoms with Crippen LogP contribution in [0, 0.1) is 3.57 Å². The molecule has 0 radical (unpaired) electrons. The molecule has 0 aliphatic carbocycles. The van der Waals surface area contributed by atoms with E-state index in [2.05, 4.69) is 54.5 Å². The molecule has 2 rings (SSSR count). The molecule has 5 heteroatoms. The molecular weight excluding hydrogens is 473 g/mol. The highest BCUT2D eigenvalue weighted by atomic mass is 127. The predicted octanol–water partition coefficient (Wildman–Crippen LogP) is 4.63. The summed E-state index contributed by atoms with van der Waals surface area (Å²) in [4.78, 5) is 12.4. The van der Waals surface area contributed by atoms with E-state index in [9.17, 15) is 4.79 Å². The first-order valence-corrected chi connectivity index (χ1v) is 7.70. The topological polar surface area (TPSA) is 43.1 Å². The highest BCUT2D eigenvalue weighted by Gasteiger charge is 2.14. The summed E-state index contributed by atoms with van der Waals surface area (Å²) in [7, 11) is 0. The van der Waals surface area contributed by atoms with Gasteiger partial charge < -0.3 is 5.73 Å². The zero-order valence-corrected chi connectivity index (χ0v) is 14.4. The van der Waals surface area contributed by atoms with Crippen LogP contribution in [0.15, 0.2) is 45.3 Å². The third-order valence-corrected chi connectivity index (χ3v) is 4.48. The third-order valence-electron chi connectivity index (χ3n) is 2.44. The number of anilines is 1. The smallest absolute Gasteiger partial charge is 0.194 e. The number of halogens is 3. The lowest BCUT2D eigenvalue weighted by Gasteiger charge is -2.06. The van der Waals surface area contributed by atoms with Crippen LogP contribution in [-0.2, 0) is 0 Å². The Morgan fingerprint density at radius 3 is 2.44 bits per heavy atom. The van der Waals surface area contributed by atoms with E-state index in [0.29, 0.717) is 16.8 Å². The second kappa shape index (κ2) is 5.71. The molecule has 0 spiro atoms. The fraction of sp³-hybridized carbons (Fsp3) is 0. The van der Waals surface area contributed by atoms with Gasteiger partial charge in [-0.3, -0.25) is 4.79 Å². The van der Waals surface area contributed by atoms with Crippen molar-refractivity contribution in [3.8, 4) is 0 Å². The number of rotatable bonds is 2. The molecule has 0 aromatic heterocycles. The van der Waals surface area contributed by atoms with Gasteiger partial charge in [0.15, 0.2) is 5.78 Å². The molecule has 0 aliphatic heterocycles. The molecule has 2 N–H and O–H groups in total. The lowest BCUT2D eigenvalue weighted by atomic mass is 10.0. The second-order valence-electron chi connectivity index (χ2n) is 3.69. The minimum Gasteiger partial charge on any atom is -0.398 e. The number of nitrogen functional groups attached to an aromatic ring is 1. The molecule has 0 unspecified atom stereocenters. The number of nitrogens with two attached hydrogens (primary N) is 1. The van der Waals surface area contributed by atoms with Gasteiger partial charge in [0.2, 0.25) is 0 Å². The van der Waals surface area contributed by atoms with E-state index >= 15 is 0 Å². The Hall–Kier alpha value is -0.400. The van der Waals surface area contributed by atoms with Gasteiger partial charge in [-0.1, -0.05) is 15.9 Å². The van der Waals surface area contributed by atoms with Crippen molar-refractivity contribution in [3.05, 3.63) is 60.0 Å². The van der Waals surface area contributed by atoms with Gasteiger partial charge in [-0.15, -0.1) is 0 Å². The quantitative estimate of drug-likeness (QED) is 0.387. The maximum Gasteiger partial charge on any atom is 0.194 e. The molecule has 2 nitrogen and oxygen atoms in total. The molecule has 2 aromatic rings. The second-order valence-corrected chi connectivity index (χ2v) is 6.64. The molecular formula is C13H8Br2INO. The predicted molar refractivity (Wildman–Crippen MR) is 88.8 cm³/mol. The molecule has 18 heavy (non-hydrogen) atoms. The molecule has 2 aromatic carbocycles. The number of carbonyl (C=O) groups excluding carboxylic acids is 1. The van der Waals surface area contributed by atoms with Gasteiger partial charge >= 0.3 is 0 Å². The Labute approximate surface area is 135 Å². The van der Waals surface area contributed by atoms with Crippen molar-refractivity contribution in [2.24, 2.45) is 0 Å². The van der Waals surface area contributed by atoms with Crippen molar-refractivity contribution in [3.63, 3.8) is 0 Å². The molecule has 0 amide bonds. The Morgan fingerprint density at radius 2 is 1.78 bits per heavy atom. The third kappa shape index (κ3) is 2.95. The Kier molecular flexibility index (Phi) is 4.45. The van der Waals surface area contributed by atoms with Gasteiger partial charge in [0.25, 0.3) is 0 Å². The van der Waals surface area contributed by atoms with Crippen molar-refractivity contribution in [1.82, 2.24) is 0 Å². The normalized spacial score (nSPS) is 10.4. The van der Waals surface area contributed by atoms with Gasteiger partial charge in [-0.25, -0.2) is 0 Å². The SMILES string of the molecule is Nc1ccc(C(=O)c2cc(I)ccc2Br)cc1Br. The molecule has 0 bridgehead atoms. The van der Waals surface area contributed by atoms with Crippen molar-refractivity contribution in [2.75, 3.05) is 5.73 Å². The molecule has 0 saturated heterocycles. The van der Waals surface area contributed by atoms with Gasteiger partial charge in [0, 0.05) is 29.3 Å². The lowest BCUT2D eigenvalue weighted by molar-refractivity contribution is 0.103. The lowest BCUT2D eigenvalue weighted by Crippen LogP contribution is -2.03. The van der Waals surface area contributed by atoms with Gasteiger partial charge in [0.05, 0.1) is 0 Å². The van der Waals surface area contributed by atoms with E-state index in [1.165, 1.54) is 0 Å². The Morgan fingerprint density at radius 1 is 1.06 bits per heavy atom. The fourth-order valence-corrected chi connectivity index (χ4v) is 2.79. The van der Waals surface area contributed by atoms with Crippen LogP contribution in [-0.4, -0.2) is 5.78 Å². The minimum absolute atomic E-state index is 0.0268. The highest BCUT2D eigenvalue weighted by molar-refractivity contribution is 14.1. The Balaban J connectivity index is 2.47. The van der Waals surface area contributed by atoms with Crippen LogP contribution >= 0.6 is 54.5 Å². The first-order valence-electron chi connectivity index (χ1n) is 5.04. The van der Waals surface area contributed by atoms with Crippen LogP contribution in [0.4, 0.5) is 5.69 Å². The molecule has 0 fully saturated rings. The number of benzene rings is 2. The van der Waals surface area contributed by atoms with Crippen molar-refractivity contribution in [2.45, 2.75) is 0 Å². The summed E-state index contributed by atoms with van der Waals surface area (Å²) in [6, 6.07) is 10.9. The molecule has 92 valence electrons. The monoisotopic (exact) mass is 479 g/mol. The van der Waals surface area contributed by atoms with Gasteiger partial charge in [-0.2, -0.15) is 0 Å². The van der Waals surface area contributed by atoms with Gasteiger partial charge in [-0.05, 0) is 74.9 Å². The summed E-state index contributed by atoms with van der Waals surface area (Å²) in [6.45, 7) is 0. The van der Waals surface area contributed by atoms with Crippen LogP contribution in [0.2, 0.25) is 0 Å². The summed E-state index contributed by atoms with van der Waals surface area (Å²) >= 11 is 8.91. The zero-order valence-electron chi connectivity index (χ0n) is 9.08. The van der Waals surface area contributed by atoms with E-state index in [-0.39, 0.29) is 5.78 Å². The van der Waals surface area contributed by atoms with Gasteiger partial charge in [0.1, 0.15) is 0 Å².